The van der Waals surface area contributed by atoms with Gasteiger partial charge in [-0.05, 0) is 37.6 Å². The quantitative estimate of drug-likeness (QED) is 0.795. The molecular weight excluding hydrogens is 278 g/mol. The van der Waals surface area contributed by atoms with E-state index in [0.29, 0.717) is 0 Å². The number of carbonyl (C=O) groups is 1. The molecule has 0 aromatic heterocycles. The number of nitrogens with zero attached hydrogens (tertiary/aromatic N) is 1. The third-order valence-corrected chi connectivity index (χ3v) is 4.40. The zero-order chi connectivity index (χ0) is 15.9. The van der Waals surface area contributed by atoms with Crippen LogP contribution in [-0.2, 0) is 4.79 Å². The van der Waals surface area contributed by atoms with E-state index in [9.17, 15) is 4.79 Å². The van der Waals surface area contributed by atoms with Crippen molar-refractivity contribution in [1.82, 2.24) is 5.32 Å². The molecule has 22 heavy (non-hydrogen) atoms. The van der Waals surface area contributed by atoms with Crippen molar-refractivity contribution >= 4 is 11.6 Å². The summed E-state index contributed by atoms with van der Waals surface area (Å²) in [5.41, 5.74) is 1.22. The van der Waals surface area contributed by atoms with Crippen molar-refractivity contribution in [1.29, 1.82) is 0 Å². The van der Waals surface area contributed by atoms with E-state index in [0.717, 1.165) is 44.9 Å². The summed E-state index contributed by atoms with van der Waals surface area (Å²) in [6.45, 7) is 8.82. The van der Waals surface area contributed by atoms with E-state index >= 15 is 0 Å². The van der Waals surface area contributed by atoms with Gasteiger partial charge in [0.1, 0.15) is 5.75 Å². The Morgan fingerprint density at radius 3 is 2.50 bits per heavy atom. The Kier molecular flexibility index (Phi) is 6.07. The van der Waals surface area contributed by atoms with Crippen LogP contribution in [0.4, 0.5) is 5.69 Å². The molecule has 1 atom stereocenters. The van der Waals surface area contributed by atoms with Gasteiger partial charge < -0.3 is 19.9 Å². The summed E-state index contributed by atoms with van der Waals surface area (Å²) in [4.78, 5) is 15.8. The molecule has 2 N–H and O–H groups in total. The van der Waals surface area contributed by atoms with Crippen LogP contribution < -0.4 is 19.9 Å². The van der Waals surface area contributed by atoms with Crippen LogP contribution in [-0.4, -0.2) is 51.8 Å². The first-order valence-electron chi connectivity index (χ1n) is 8.17. The van der Waals surface area contributed by atoms with Gasteiger partial charge in [0, 0.05) is 12.2 Å². The lowest BCUT2D eigenvalue weighted by atomic mass is 10.2. The number of ether oxygens (including phenoxy) is 1. The Morgan fingerprint density at radius 2 is 1.95 bits per heavy atom. The van der Waals surface area contributed by atoms with E-state index < -0.39 is 0 Å². The van der Waals surface area contributed by atoms with E-state index in [1.165, 1.54) is 10.6 Å². The molecule has 0 bridgehead atoms. The third-order valence-electron chi connectivity index (χ3n) is 4.40. The molecule has 122 valence electrons. The number of anilines is 1. The topological polar surface area (TPSA) is 46.0 Å². The van der Waals surface area contributed by atoms with Crippen LogP contribution in [0.25, 0.3) is 0 Å². The van der Waals surface area contributed by atoms with Crippen molar-refractivity contribution in [2.45, 2.75) is 26.3 Å². The normalized spacial score (nSPS) is 17.1. The summed E-state index contributed by atoms with van der Waals surface area (Å²) in [6, 6.07) is 8.22. The fourth-order valence-corrected chi connectivity index (χ4v) is 2.86. The maximum absolute atomic E-state index is 12.1. The van der Waals surface area contributed by atoms with Gasteiger partial charge >= 0.3 is 0 Å². The highest BCUT2D eigenvalue weighted by molar-refractivity contribution is 5.79. The Bertz CT molecular complexity index is 467. The minimum absolute atomic E-state index is 0.0320. The highest BCUT2D eigenvalue weighted by Gasteiger charge is 2.28. The predicted octanol–water partition coefficient (Wildman–Crippen LogP) is 0.315. The lowest BCUT2D eigenvalue weighted by molar-refractivity contribution is -0.914. The second-order valence-corrected chi connectivity index (χ2v) is 5.86. The smallest absolute Gasteiger partial charge is 0.278 e. The number of piperazine rings is 1. The molecule has 0 aliphatic carbocycles. The molecule has 2 rings (SSSR count). The molecule has 1 aromatic carbocycles. The van der Waals surface area contributed by atoms with Crippen LogP contribution >= 0.6 is 0 Å². The molecule has 1 aromatic rings. The van der Waals surface area contributed by atoms with E-state index in [1.807, 2.05) is 19.1 Å². The summed E-state index contributed by atoms with van der Waals surface area (Å²) in [5.74, 6) is 1.06. The Morgan fingerprint density at radius 1 is 1.32 bits per heavy atom. The minimum atomic E-state index is 0.0320. The van der Waals surface area contributed by atoms with Crippen molar-refractivity contribution in [2.75, 3.05) is 44.7 Å². The molecule has 5 heteroatoms. The minimum Gasteiger partial charge on any atom is -0.497 e. The van der Waals surface area contributed by atoms with Crippen LogP contribution in [0.2, 0.25) is 0 Å². The highest BCUT2D eigenvalue weighted by Crippen LogP contribution is 2.18. The van der Waals surface area contributed by atoms with Crippen LogP contribution in [0.15, 0.2) is 24.3 Å². The monoisotopic (exact) mass is 306 g/mol. The number of benzene rings is 1. The van der Waals surface area contributed by atoms with E-state index in [-0.39, 0.29) is 11.9 Å². The van der Waals surface area contributed by atoms with Gasteiger partial charge in [-0.2, -0.15) is 0 Å². The summed E-state index contributed by atoms with van der Waals surface area (Å²) in [6.07, 6.45) is 0.985. The van der Waals surface area contributed by atoms with E-state index in [4.69, 9.17) is 4.74 Å². The third kappa shape index (κ3) is 4.13. The number of hydrogen-bond donors (Lipinski definition) is 2. The fourth-order valence-electron chi connectivity index (χ4n) is 2.86. The van der Waals surface area contributed by atoms with Crippen molar-refractivity contribution in [3.8, 4) is 5.75 Å². The van der Waals surface area contributed by atoms with Gasteiger partial charge in [-0.3, -0.25) is 4.79 Å². The zero-order valence-electron chi connectivity index (χ0n) is 13.9. The molecule has 1 heterocycles. The maximum atomic E-state index is 12.1. The predicted molar refractivity (Wildman–Crippen MR) is 88.7 cm³/mol. The molecule has 5 nitrogen and oxygen atoms in total. The van der Waals surface area contributed by atoms with Crippen LogP contribution in [0.1, 0.15) is 20.3 Å². The number of nitrogens with one attached hydrogen (secondary N) is 2. The highest BCUT2D eigenvalue weighted by atomic mass is 16.5. The van der Waals surface area contributed by atoms with Crippen molar-refractivity contribution < 1.29 is 14.4 Å². The summed E-state index contributed by atoms with van der Waals surface area (Å²) >= 11 is 0. The Balaban J connectivity index is 1.85. The molecule has 1 aliphatic rings. The average Bonchev–Trinajstić information content (AvgIpc) is 2.59. The number of rotatable bonds is 6. The number of methoxy groups -OCH3 is 1. The summed E-state index contributed by atoms with van der Waals surface area (Å²) in [5, 5.41) is 3.00. The van der Waals surface area contributed by atoms with Crippen molar-refractivity contribution in [3.05, 3.63) is 24.3 Å². The second-order valence-electron chi connectivity index (χ2n) is 5.86. The molecule has 0 radical (unpaired) electrons. The van der Waals surface area contributed by atoms with Crippen molar-refractivity contribution in [3.63, 3.8) is 0 Å². The van der Waals surface area contributed by atoms with Crippen LogP contribution in [0.3, 0.4) is 0 Å². The first kappa shape index (κ1) is 16.6. The maximum Gasteiger partial charge on any atom is 0.278 e. The lowest BCUT2D eigenvalue weighted by Gasteiger charge is -2.36. The molecule has 0 saturated carbocycles. The number of amides is 1. The molecule has 0 unspecified atom stereocenters. The van der Waals surface area contributed by atoms with Crippen LogP contribution in [0, 0.1) is 0 Å². The Labute approximate surface area is 133 Å². The van der Waals surface area contributed by atoms with Crippen molar-refractivity contribution in [2.24, 2.45) is 0 Å². The molecule has 1 aliphatic heterocycles. The van der Waals surface area contributed by atoms with Gasteiger partial charge in [0.25, 0.3) is 5.91 Å². The summed E-state index contributed by atoms with van der Waals surface area (Å²) < 4.78 is 5.20. The molecule has 0 spiro atoms. The van der Waals surface area contributed by atoms with E-state index in [2.05, 4.69) is 29.3 Å². The van der Waals surface area contributed by atoms with Gasteiger partial charge in [-0.15, -0.1) is 0 Å². The average molecular weight is 306 g/mol. The zero-order valence-corrected chi connectivity index (χ0v) is 13.9. The lowest BCUT2D eigenvalue weighted by Crippen LogP contribution is -3.19. The van der Waals surface area contributed by atoms with Gasteiger partial charge in [-0.25, -0.2) is 0 Å². The number of hydrogen-bond acceptors (Lipinski definition) is 3. The second kappa shape index (κ2) is 8.03. The fraction of sp³-hybridized carbons (Fsp3) is 0.588. The molecule has 1 fully saturated rings. The largest absolute Gasteiger partial charge is 0.497 e. The van der Waals surface area contributed by atoms with Gasteiger partial charge in [0.05, 0.1) is 33.3 Å². The SMILES string of the molecule is CCCNC(=O)[C@@H](C)[NH+]1CCN(c2ccc(OC)cc2)CC1. The number of quaternary nitrogens is 1. The Hall–Kier alpha value is -1.75. The van der Waals surface area contributed by atoms with Gasteiger partial charge in [0.2, 0.25) is 0 Å². The van der Waals surface area contributed by atoms with Gasteiger partial charge in [0.15, 0.2) is 6.04 Å². The molecule has 1 amide bonds. The standard InChI is InChI=1S/C17H27N3O2/c1-4-9-18-17(21)14(2)19-10-12-20(13-11-19)15-5-7-16(22-3)8-6-15/h5-8,14H,4,9-13H2,1-3H3,(H,18,21)/p+1/t14-/m1/s1. The molecule has 1 saturated heterocycles. The number of carbonyl (C=O) groups excluding carboxylic acids is 1. The van der Waals surface area contributed by atoms with E-state index in [1.54, 1.807) is 7.11 Å². The molecular formula is C17H28N3O2+. The van der Waals surface area contributed by atoms with Crippen LogP contribution in [0.5, 0.6) is 5.75 Å². The first-order valence-corrected chi connectivity index (χ1v) is 8.17. The first-order chi connectivity index (χ1) is 10.7. The van der Waals surface area contributed by atoms with Gasteiger partial charge in [-0.1, -0.05) is 6.92 Å². The summed E-state index contributed by atoms with van der Waals surface area (Å²) in [7, 11) is 1.68.